The van der Waals surface area contributed by atoms with Crippen molar-refractivity contribution in [2.45, 2.75) is 38.5 Å². The van der Waals surface area contributed by atoms with Gasteiger partial charge in [0.2, 0.25) is 0 Å². The van der Waals surface area contributed by atoms with E-state index in [0.29, 0.717) is 0 Å². The van der Waals surface area contributed by atoms with Crippen LogP contribution in [0.25, 0.3) is 0 Å². The van der Waals surface area contributed by atoms with Gasteiger partial charge in [-0.2, -0.15) is 0 Å². The molecule has 0 unspecified atom stereocenters. The lowest BCUT2D eigenvalue weighted by atomic mass is 10.4. The van der Waals surface area contributed by atoms with Crippen LogP contribution in [-0.4, -0.2) is 8.07 Å². The summed E-state index contributed by atoms with van der Waals surface area (Å²) in [5.41, 5.74) is 0. The van der Waals surface area contributed by atoms with E-state index < -0.39 is 8.07 Å². The van der Waals surface area contributed by atoms with Crippen LogP contribution in [0.15, 0.2) is 0 Å². The second-order valence-corrected chi connectivity index (χ2v) is 9.24. The normalized spacial score (nSPS) is 10.9. The predicted molar refractivity (Wildman–Crippen MR) is 46.2 cm³/mol. The van der Waals surface area contributed by atoms with E-state index in [1.807, 2.05) is 0 Å². The fraction of sp³-hybridized carbons (Fsp3) is 0.750. The average Bonchev–Trinajstić information content (AvgIpc) is 1.63. The van der Waals surface area contributed by atoms with Gasteiger partial charge in [-0.1, -0.05) is 25.7 Å². The van der Waals surface area contributed by atoms with Crippen molar-refractivity contribution in [2.24, 2.45) is 0 Å². The van der Waals surface area contributed by atoms with Crippen LogP contribution in [0.5, 0.6) is 0 Å². The molecular weight excluding hydrogens is 124 g/mol. The van der Waals surface area contributed by atoms with Crippen LogP contribution < -0.4 is 0 Å². The predicted octanol–water partition coefficient (Wildman–Crippen LogP) is 2.74. The molecule has 1 heteroatoms. The number of hydrogen-bond donors (Lipinski definition) is 0. The summed E-state index contributed by atoms with van der Waals surface area (Å²) in [7, 11) is -0.790. The van der Waals surface area contributed by atoms with Crippen molar-refractivity contribution in [1.82, 2.24) is 0 Å². The molecule has 0 heterocycles. The molecule has 0 saturated carbocycles. The van der Waals surface area contributed by atoms with Crippen molar-refractivity contribution >= 4 is 8.07 Å². The third-order valence-electron chi connectivity index (χ3n) is 1.25. The van der Waals surface area contributed by atoms with E-state index in [9.17, 15) is 0 Å². The molecule has 0 rings (SSSR count). The number of rotatable bonds is 3. The lowest BCUT2D eigenvalue weighted by molar-refractivity contribution is 0.957. The maximum Gasteiger partial charge on any atom is 0.0443 e. The van der Waals surface area contributed by atoms with Crippen LogP contribution in [0.3, 0.4) is 0 Å². The SMILES string of the molecule is C#CCCC[Si](C)(C)C. The first-order chi connectivity index (χ1) is 4.06. The minimum atomic E-state index is -0.790. The van der Waals surface area contributed by atoms with Crippen LogP contribution in [0, 0.1) is 12.3 Å². The molecule has 0 nitrogen and oxygen atoms in total. The molecule has 0 spiro atoms. The van der Waals surface area contributed by atoms with Gasteiger partial charge >= 0.3 is 0 Å². The maximum atomic E-state index is 5.12. The van der Waals surface area contributed by atoms with Crippen LogP contribution in [0.1, 0.15) is 12.8 Å². The molecule has 0 aromatic rings. The van der Waals surface area contributed by atoms with Crippen molar-refractivity contribution < 1.29 is 0 Å². The van der Waals surface area contributed by atoms with Crippen molar-refractivity contribution in [3.05, 3.63) is 0 Å². The first-order valence-corrected chi connectivity index (χ1v) is 7.20. The first kappa shape index (κ1) is 8.78. The zero-order chi connectivity index (χ0) is 7.33. The molecule has 0 saturated heterocycles. The molecule has 0 fully saturated rings. The Kier molecular flexibility index (Phi) is 3.64. The van der Waals surface area contributed by atoms with Crippen molar-refractivity contribution in [3.63, 3.8) is 0 Å². The van der Waals surface area contributed by atoms with Crippen LogP contribution in [0.2, 0.25) is 25.7 Å². The van der Waals surface area contributed by atoms with Gasteiger partial charge in [0.1, 0.15) is 0 Å². The van der Waals surface area contributed by atoms with Gasteiger partial charge in [-0.05, 0) is 6.42 Å². The standard InChI is InChI=1S/C8H16Si/c1-5-6-7-8-9(2,3)4/h1H,6-8H2,2-4H3. The van der Waals surface area contributed by atoms with Gasteiger partial charge in [0, 0.05) is 14.5 Å². The highest BCUT2D eigenvalue weighted by Gasteiger charge is 2.10. The summed E-state index contributed by atoms with van der Waals surface area (Å²) in [6.07, 6.45) is 7.31. The number of terminal acetylenes is 1. The van der Waals surface area contributed by atoms with E-state index in [4.69, 9.17) is 6.42 Å². The van der Waals surface area contributed by atoms with E-state index in [0.717, 1.165) is 6.42 Å². The molecule has 0 radical (unpaired) electrons. The van der Waals surface area contributed by atoms with Crippen molar-refractivity contribution in [1.29, 1.82) is 0 Å². The molecule has 0 bridgehead atoms. The molecule has 9 heavy (non-hydrogen) atoms. The molecule has 52 valence electrons. The Morgan fingerprint density at radius 2 is 1.89 bits per heavy atom. The summed E-state index contributed by atoms with van der Waals surface area (Å²) < 4.78 is 0. The zero-order valence-corrected chi connectivity index (χ0v) is 7.70. The topological polar surface area (TPSA) is 0 Å². The maximum absolute atomic E-state index is 5.12. The van der Waals surface area contributed by atoms with Gasteiger partial charge in [-0.25, -0.2) is 0 Å². The Morgan fingerprint density at radius 1 is 1.33 bits per heavy atom. The molecule has 0 amide bonds. The summed E-state index contributed by atoms with van der Waals surface area (Å²) in [5.74, 6) is 2.66. The van der Waals surface area contributed by atoms with E-state index in [-0.39, 0.29) is 0 Å². The molecular formula is C8H16Si. The number of hydrogen-bond acceptors (Lipinski definition) is 0. The Bertz CT molecular complexity index is 103. The lowest BCUT2D eigenvalue weighted by Gasteiger charge is -2.13. The lowest BCUT2D eigenvalue weighted by Crippen LogP contribution is -2.18. The number of unbranched alkanes of at least 4 members (excludes halogenated alkanes) is 1. The monoisotopic (exact) mass is 140 g/mol. The van der Waals surface area contributed by atoms with Crippen LogP contribution in [0.4, 0.5) is 0 Å². The molecule has 0 aliphatic rings. The van der Waals surface area contributed by atoms with Gasteiger partial charge in [0.25, 0.3) is 0 Å². The zero-order valence-electron chi connectivity index (χ0n) is 6.70. The van der Waals surface area contributed by atoms with E-state index >= 15 is 0 Å². The summed E-state index contributed by atoms with van der Waals surface area (Å²) in [4.78, 5) is 0. The van der Waals surface area contributed by atoms with Crippen LogP contribution in [-0.2, 0) is 0 Å². The molecule has 0 aliphatic carbocycles. The highest BCUT2D eigenvalue weighted by molar-refractivity contribution is 6.76. The van der Waals surface area contributed by atoms with Gasteiger partial charge in [-0.3, -0.25) is 0 Å². The highest BCUT2D eigenvalue weighted by Crippen LogP contribution is 2.11. The Hall–Kier alpha value is -0.223. The van der Waals surface area contributed by atoms with Gasteiger partial charge in [0.15, 0.2) is 0 Å². The Labute approximate surface area is 59.7 Å². The summed E-state index contributed by atoms with van der Waals surface area (Å²) in [6.45, 7) is 7.14. The van der Waals surface area contributed by atoms with Gasteiger partial charge in [0.05, 0.1) is 0 Å². The first-order valence-electron chi connectivity index (χ1n) is 3.50. The van der Waals surface area contributed by atoms with Crippen molar-refractivity contribution in [3.8, 4) is 12.3 Å². The summed E-state index contributed by atoms with van der Waals surface area (Å²) >= 11 is 0. The molecule has 0 aromatic carbocycles. The highest BCUT2D eigenvalue weighted by atomic mass is 28.3. The second-order valence-electron chi connectivity index (χ2n) is 3.62. The fourth-order valence-corrected chi connectivity index (χ4v) is 1.96. The van der Waals surface area contributed by atoms with Gasteiger partial charge < -0.3 is 0 Å². The fourth-order valence-electron chi connectivity index (χ4n) is 0.721. The second kappa shape index (κ2) is 3.74. The summed E-state index contributed by atoms with van der Waals surface area (Å²) in [6, 6.07) is 1.37. The minimum Gasteiger partial charge on any atom is -0.120 e. The molecule has 0 atom stereocenters. The third-order valence-corrected chi connectivity index (χ3v) is 3.10. The summed E-state index contributed by atoms with van der Waals surface area (Å²) in [5, 5.41) is 0. The smallest absolute Gasteiger partial charge is 0.0443 e. The van der Waals surface area contributed by atoms with Gasteiger partial charge in [-0.15, -0.1) is 12.3 Å². The molecule has 0 N–H and O–H groups in total. The molecule has 0 aliphatic heterocycles. The van der Waals surface area contributed by atoms with E-state index in [1.165, 1.54) is 12.5 Å². The van der Waals surface area contributed by atoms with E-state index in [1.54, 1.807) is 0 Å². The Balaban J connectivity index is 3.20. The van der Waals surface area contributed by atoms with Crippen LogP contribution >= 0.6 is 0 Å². The third kappa shape index (κ3) is 7.78. The van der Waals surface area contributed by atoms with Crippen molar-refractivity contribution in [2.75, 3.05) is 0 Å². The average molecular weight is 140 g/mol. The quantitative estimate of drug-likeness (QED) is 0.321. The minimum absolute atomic E-state index is 0.790. The molecule has 0 aromatic heterocycles. The van der Waals surface area contributed by atoms with E-state index in [2.05, 4.69) is 25.6 Å². The largest absolute Gasteiger partial charge is 0.120 e. The Morgan fingerprint density at radius 3 is 2.22 bits per heavy atom.